The zero-order valence-corrected chi connectivity index (χ0v) is 4.34. The fourth-order valence-corrected chi connectivity index (χ4v) is 0. The van der Waals surface area contributed by atoms with E-state index < -0.39 is 7.72 Å². The first-order valence-electron chi connectivity index (χ1n) is 1.04. The van der Waals surface area contributed by atoms with Crippen LogP contribution in [0.5, 0.6) is 0 Å². The number of halogens is 1. The molecule has 0 rings (SSSR count). The van der Waals surface area contributed by atoms with Crippen LogP contribution >= 0.6 is 11.1 Å². The second kappa shape index (κ2) is 1.67. The van der Waals surface area contributed by atoms with Crippen molar-refractivity contribution >= 4 is 25.0 Å². The van der Waals surface area contributed by atoms with Gasteiger partial charge in [0.2, 0.25) is 0 Å². The van der Waals surface area contributed by atoms with Gasteiger partial charge in [-0.05, 0) is 6.55 Å². The molecular formula is C2H5ClSi. The van der Waals surface area contributed by atoms with Crippen LogP contribution in [0, 0.1) is 0 Å². The monoisotopic (exact) mass is 92.0 g/mol. The van der Waals surface area contributed by atoms with E-state index in [1.54, 1.807) is 0 Å². The summed E-state index contributed by atoms with van der Waals surface area (Å²) in [7, 11) is -0.657. The lowest BCUT2D eigenvalue weighted by Crippen LogP contribution is -1.68. The van der Waals surface area contributed by atoms with Gasteiger partial charge in [-0.1, -0.05) is 0 Å². The average Bonchev–Trinajstić information content (AvgIpc) is 0.811. The highest BCUT2D eigenvalue weighted by molar-refractivity contribution is 7.06. The molecule has 0 atom stereocenters. The van der Waals surface area contributed by atoms with Gasteiger partial charge in [-0.3, -0.25) is 0 Å². The Bertz CT molecular complexity index is 29.0. The molecule has 0 fully saturated rings. The molecule has 0 spiro atoms. The van der Waals surface area contributed by atoms with E-state index in [-0.39, 0.29) is 0 Å². The first kappa shape index (κ1) is 4.38. The largest absolute Gasteiger partial charge is 0.140 e. The Kier molecular flexibility index (Phi) is 1.83. The molecule has 2 heteroatoms. The predicted octanol–water partition coefficient (Wildman–Crippen LogP) is 0.860. The Morgan fingerprint density at radius 1 is 2.00 bits per heavy atom. The second-order valence-corrected chi connectivity index (χ2v) is 3.96. The van der Waals surface area contributed by atoms with Gasteiger partial charge < -0.3 is 0 Å². The molecule has 0 aromatic carbocycles. The van der Waals surface area contributed by atoms with Crippen LogP contribution in [-0.2, 0) is 0 Å². The zero-order chi connectivity index (χ0) is 3.58. The Hall–Kier alpha value is 0.377. The van der Waals surface area contributed by atoms with E-state index >= 15 is 0 Å². The van der Waals surface area contributed by atoms with Gasteiger partial charge in [-0.2, -0.15) is 0 Å². The molecule has 24 valence electrons. The molecule has 0 aromatic heterocycles. The van der Waals surface area contributed by atoms with Gasteiger partial charge in [0, 0.05) is 0 Å². The minimum Gasteiger partial charge on any atom is -0.140 e. The van der Waals surface area contributed by atoms with Crippen molar-refractivity contribution in [2.75, 3.05) is 0 Å². The van der Waals surface area contributed by atoms with Crippen molar-refractivity contribution in [2.45, 2.75) is 6.55 Å². The van der Waals surface area contributed by atoms with Crippen molar-refractivity contribution in [3.05, 3.63) is 0 Å². The Labute approximate surface area is 32.3 Å². The van der Waals surface area contributed by atoms with Gasteiger partial charge in [-0.15, -0.1) is 17.3 Å². The van der Waals surface area contributed by atoms with Crippen LogP contribution < -0.4 is 0 Å². The normalized spacial score (nSPS) is 6.50. The molecule has 0 N–H and O–H groups in total. The molecule has 0 aliphatic carbocycles. The molecule has 0 unspecified atom stereocenters. The minimum atomic E-state index is -0.657. The lowest BCUT2D eigenvalue weighted by atomic mass is 11.9. The minimum absolute atomic E-state index is 0.657. The van der Waals surface area contributed by atoms with Crippen LogP contribution in [0.1, 0.15) is 0 Å². The lowest BCUT2D eigenvalue weighted by molar-refractivity contribution is 2.35. The van der Waals surface area contributed by atoms with Crippen molar-refractivity contribution in [1.29, 1.82) is 0 Å². The van der Waals surface area contributed by atoms with Crippen LogP contribution in [0.4, 0.5) is 0 Å². The van der Waals surface area contributed by atoms with Crippen molar-refractivity contribution < 1.29 is 0 Å². The molecule has 0 aromatic rings. The SMILES string of the molecule is C=[Si](C)Cl. The summed E-state index contributed by atoms with van der Waals surface area (Å²) in [5.74, 6) is 0. The fraction of sp³-hybridized carbons (Fsp3) is 0.500. The lowest BCUT2D eigenvalue weighted by Gasteiger charge is -1.57. The topological polar surface area (TPSA) is 0 Å². The Balaban J connectivity index is 2.80. The summed E-state index contributed by atoms with van der Waals surface area (Å²) >= 11 is 5.27. The number of hydrogen-bond donors (Lipinski definition) is 0. The first-order valence-corrected chi connectivity index (χ1v) is 4.26. The summed E-state index contributed by atoms with van der Waals surface area (Å²) in [6.45, 7) is 1.92. The molecule has 0 heterocycles. The number of hydrogen-bond acceptors (Lipinski definition) is 0. The molecule has 0 nitrogen and oxygen atoms in total. The van der Waals surface area contributed by atoms with Gasteiger partial charge >= 0.3 is 0 Å². The fourth-order valence-electron chi connectivity index (χ4n) is 0. The highest BCUT2D eigenvalue weighted by Crippen LogP contribution is 1.64. The van der Waals surface area contributed by atoms with Crippen molar-refractivity contribution in [3.8, 4) is 0 Å². The molecule has 0 bridgehead atoms. The van der Waals surface area contributed by atoms with Crippen molar-refractivity contribution in [3.63, 3.8) is 0 Å². The summed E-state index contributed by atoms with van der Waals surface area (Å²) in [5.41, 5.74) is 0. The van der Waals surface area contributed by atoms with Crippen LogP contribution in [0.15, 0.2) is 0 Å². The molecule has 0 amide bonds. The summed E-state index contributed by atoms with van der Waals surface area (Å²) in [6.07, 6.45) is 3.51. The highest BCUT2D eigenvalue weighted by atomic mass is 35.6. The quantitative estimate of drug-likeness (QED) is 0.307. The molecule has 0 aliphatic rings. The van der Waals surface area contributed by atoms with Gasteiger partial charge in [0.15, 0.2) is 0 Å². The maximum Gasteiger partial charge on any atom is 0.113 e. The van der Waals surface area contributed by atoms with Gasteiger partial charge in [0.25, 0.3) is 0 Å². The average molecular weight is 92.6 g/mol. The molecule has 4 heavy (non-hydrogen) atoms. The van der Waals surface area contributed by atoms with E-state index in [0.29, 0.717) is 0 Å². The summed E-state index contributed by atoms with van der Waals surface area (Å²) in [5, 5.41) is 0. The van der Waals surface area contributed by atoms with Crippen LogP contribution in [-0.4, -0.2) is 13.9 Å². The van der Waals surface area contributed by atoms with E-state index in [1.807, 2.05) is 6.55 Å². The molecule has 0 radical (unpaired) electrons. The molecule has 0 saturated carbocycles. The van der Waals surface area contributed by atoms with Crippen LogP contribution in [0.25, 0.3) is 0 Å². The standard InChI is InChI=1S/C2H5ClSi/c1-4(2)3/h1H2,2H3. The van der Waals surface area contributed by atoms with Gasteiger partial charge in [0.1, 0.15) is 7.72 Å². The second-order valence-electron chi connectivity index (χ2n) is 0.676. The van der Waals surface area contributed by atoms with E-state index in [0.717, 1.165) is 0 Å². The van der Waals surface area contributed by atoms with E-state index in [1.165, 1.54) is 0 Å². The summed E-state index contributed by atoms with van der Waals surface area (Å²) in [6, 6.07) is 0. The van der Waals surface area contributed by atoms with Crippen LogP contribution in [0.2, 0.25) is 6.55 Å². The van der Waals surface area contributed by atoms with Gasteiger partial charge in [0.05, 0.1) is 0 Å². The summed E-state index contributed by atoms with van der Waals surface area (Å²) in [4.78, 5) is 0. The predicted molar refractivity (Wildman–Crippen MR) is 24.6 cm³/mol. The number of rotatable bonds is 0. The van der Waals surface area contributed by atoms with Crippen LogP contribution in [0.3, 0.4) is 0 Å². The Morgan fingerprint density at radius 2 is 2.00 bits per heavy atom. The first-order chi connectivity index (χ1) is 1.73. The third-order valence-electron chi connectivity index (χ3n) is 0. The third kappa shape index (κ3) is 31.7. The van der Waals surface area contributed by atoms with Crippen molar-refractivity contribution in [2.24, 2.45) is 0 Å². The zero-order valence-electron chi connectivity index (χ0n) is 2.59. The summed E-state index contributed by atoms with van der Waals surface area (Å²) < 4.78 is 0. The maximum atomic E-state index is 5.27. The highest BCUT2D eigenvalue weighted by Gasteiger charge is 1.60. The smallest absolute Gasteiger partial charge is 0.113 e. The van der Waals surface area contributed by atoms with Gasteiger partial charge in [-0.25, -0.2) is 0 Å². The van der Waals surface area contributed by atoms with E-state index in [2.05, 4.69) is 6.17 Å². The molecule has 0 saturated heterocycles. The third-order valence-corrected chi connectivity index (χ3v) is 0. The van der Waals surface area contributed by atoms with E-state index in [9.17, 15) is 0 Å². The molecular weight excluding hydrogens is 87.6 g/mol. The van der Waals surface area contributed by atoms with E-state index in [4.69, 9.17) is 11.1 Å². The molecule has 0 aliphatic heterocycles. The Morgan fingerprint density at radius 3 is 2.00 bits per heavy atom. The maximum absolute atomic E-state index is 5.27. The van der Waals surface area contributed by atoms with Crippen molar-refractivity contribution in [1.82, 2.24) is 0 Å².